The van der Waals surface area contributed by atoms with Crippen LogP contribution in [0.4, 0.5) is 5.69 Å². The minimum absolute atomic E-state index is 0.486. The molecule has 0 aliphatic carbocycles. The van der Waals surface area contributed by atoms with Crippen LogP contribution in [0.3, 0.4) is 0 Å². The van der Waals surface area contributed by atoms with E-state index in [0.29, 0.717) is 24.1 Å². The maximum absolute atomic E-state index is 6.12. The van der Waals surface area contributed by atoms with E-state index in [1.165, 1.54) is 0 Å². The van der Waals surface area contributed by atoms with Gasteiger partial charge in [-0.05, 0) is 54.1 Å². The van der Waals surface area contributed by atoms with E-state index in [4.69, 9.17) is 22.2 Å². The number of hydrogen-bond donors (Lipinski definition) is 3. The van der Waals surface area contributed by atoms with E-state index < -0.39 is 0 Å². The first-order valence-electron chi connectivity index (χ1n) is 5.98. The predicted molar refractivity (Wildman–Crippen MR) is 88.5 cm³/mol. The van der Waals surface area contributed by atoms with Crippen LogP contribution in [0, 0.1) is 3.57 Å². The number of aliphatic imine (C=N–C) groups is 1. The van der Waals surface area contributed by atoms with E-state index in [1.807, 2.05) is 25.1 Å². The third-order valence-electron chi connectivity index (χ3n) is 2.24. The molecule has 0 amide bonds. The topological polar surface area (TPSA) is 71.7 Å². The summed E-state index contributed by atoms with van der Waals surface area (Å²) in [5.74, 6) is 5.91. The van der Waals surface area contributed by atoms with Gasteiger partial charge in [-0.15, -0.1) is 0 Å². The average molecular weight is 397 g/mol. The number of nitrogens with zero attached hydrogens (tertiary/aromatic N) is 1. The Morgan fingerprint density at radius 1 is 1.53 bits per heavy atom. The van der Waals surface area contributed by atoms with Crippen molar-refractivity contribution in [1.29, 1.82) is 0 Å². The molecule has 0 aliphatic heterocycles. The quantitative estimate of drug-likeness (QED) is 0.173. The summed E-state index contributed by atoms with van der Waals surface area (Å²) < 4.78 is 6.31. The average Bonchev–Trinajstić information content (AvgIpc) is 2.39. The molecule has 0 aliphatic rings. The molecule has 7 heteroatoms. The number of hydrogen-bond acceptors (Lipinski definition) is 3. The minimum Gasteiger partial charge on any atom is -0.382 e. The van der Waals surface area contributed by atoms with Gasteiger partial charge in [0.15, 0.2) is 0 Å². The summed E-state index contributed by atoms with van der Waals surface area (Å²) in [4.78, 5) is 4.30. The van der Waals surface area contributed by atoms with Crippen LogP contribution < -0.4 is 16.6 Å². The molecule has 0 heterocycles. The maximum Gasteiger partial charge on any atom is 0.210 e. The third kappa shape index (κ3) is 6.42. The van der Waals surface area contributed by atoms with Crippen molar-refractivity contribution in [3.8, 4) is 0 Å². The van der Waals surface area contributed by atoms with Crippen LogP contribution in [-0.4, -0.2) is 25.7 Å². The summed E-state index contributed by atoms with van der Waals surface area (Å²) in [5, 5.41) is 3.68. The highest BCUT2D eigenvalue weighted by Gasteiger charge is 2.03. The van der Waals surface area contributed by atoms with Gasteiger partial charge in [0.1, 0.15) is 0 Å². The van der Waals surface area contributed by atoms with Gasteiger partial charge in [0, 0.05) is 23.3 Å². The van der Waals surface area contributed by atoms with Crippen LogP contribution >= 0.6 is 34.2 Å². The molecule has 106 valence electrons. The zero-order valence-corrected chi connectivity index (χ0v) is 13.7. The Kier molecular flexibility index (Phi) is 8.11. The Balaban J connectivity index is 2.53. The molecule has 5 nitrogen and oxygen atoms in total. The van der Waals surface area contributed by atoms with Crippen LogP contribution in [0.15, 0.2) is 23.2 Å². The van der Waals surface area contributed by atoms with E-state index in [0.717, 1.165) is 22.3 Å². The fourth-order valence-electron chi connectivity index (χ4n) is 1.34. The second-order valence-corrected chi connectivity index (χ2v) is 5.33. The highest BCUT2D eigenvalue weighted by Crippen LogP contribution is 2.23. The maximum atomic E-state index is 6.12. The summed E-state index contributed by atoms with van der Waals surface area (Å²) in [6, 6.07) is 5.71. The van der Waals surface area contributed by atoms with E-state index in [2.05, 4.69) is 38.3 Å². The molecule has 0 spiro atoms. The molecular formula is C12H18ClIN4O. The van der Waals surface area contributed by atoms with E-state index >= 15 is 0 Å². The molecule has 0 bridgehead atoms. The number of ether oxygens (including phenoxy) is 1. The molecule has 1 aromatic rings. The number of guanidine groups is 1. The lowest BCUT2D eigenvalue weighted by Gasteiger charge is -2.11. The number of nitrogens with two attached hydrogens (primary N) is 1. The van der Waals surface area contributed by atoms with Crippen molar-refractivity contribution in [3.63, 3.8) is 0 Å². The molecule has 0 saturated carbocycles. The summed E-state index contributed by atoms with van der Waals surface area (Å²) in [7, 11) is 0. The van der Waals surface area contributed by atoms with E-state index in [9.17, 15) is 0 Å². The molecule has 0 radical (unpaired) electrons. The van der Waals surface area contributed by atoms with Crippen molar-refractivity contribution in [2.45, 2.75) is 13.3 Å². The first-order valence-corrected chi connectivity index (χ1v) is 7.44. The smallest absolute Gasteiger partial charge is 0.210 e. The van der Waals surface area contributed by atoms with Gasteiger partial charge < -0.3 is 10.1 Å². The highest BCUT2D eigenvalue weighted by molar-refractivity contribution is 14.1. The fourth-order valence-corrected chi connectivity index (χ4v) is 2.24. The minimum atomic E-state index is 0.486. The Morgan fingerprint density at radius 3 is 2.95 bits per heavy atom. The second-order valence-electron chi connectivity index (χ2n) is 3.67. The number of hydrazine groups is 1. The number of rotatable bonds is 6. The van der Waals surface area contributed by atoms with Crippen molar-refractivity contribution >= 4 is 45.8 Å². The van der Waals surface area contributed by atoms with Crippen LogP contribution in [-0.2, 0) is 4.74 Å². The molecule has 4 N–H and O–H groups in total. The van der Waals surface area contributed by atoms with Crippen LogP contribution in [0.5, 0.6) is 0 Å². The van der Waals surface area contributed by atoms with Gasteiger partial charge >= 0.3 is 0 Å². The first-order chi connectivity index (χ1) is 9.17. The molecule has 0 unspecified atom stereocenters. The zero-order valence-electron chi connectivity index (χ0n) is 10.7. The molecule has 0 fully saturated rings. The van der Waals surface area contributed by atoms with Crippen molar-refractivity contribution in [1.82, 2.24) is 5.43 Å². The molecule has 19 heavy (non-hydrogen) atoms. The highest BCUT2D eigenvalue weighted by atomic mass is 127. The number of benzene rings is 1. The van der Waals surface area contributed by atoms with Gasteiger partial charge in [-0.1, -0.05) is 11.6 Å². The lowest BCUT2D eigenvalue weighted by atomic mass is 10.3. The molecule has 0 atom stereocenters. The number of nitrogens with one attached hydrogen (secondary N) is 2. The molecule has 1 aromatic carbocycles. The summed E-state index contributed by atoms with van der Waals surface area (Å²) in [6.45, 7) is 4.02. The Labute approximate surface area is 132 Å². The standard InChI is InChI=1S/C12H18ClIN4O/c1-2-19-7-3-6-16-12(18-15)17-11-5-4-9(14)8-10(11)13/h4-5,8H,2-3,6-7,15H2,1H3,(H2,16,17,18). The number of halogens is 2. The van der Waals surface area contributed by atoms with Crippen LogP contribution in [0.25, 0.3) is 0 Å². The number of anilines is 1. The third-order valence-corrected chi connectivity index (χ3v) is 3.23. The van der Waals surface area contributed by atoms with Gasteiger partial charge in [-0.2, -0.15) is 0 Å². The first kappa shape index (κ1) is 16.5. The largest absolute Gasteiger partial charge is 0.382 e. The van der Waals surface area contributed by atoms with Gasteiger partial charge in [0.05, 0.1) is 10.7 Å². The van der Waals surface area contributed by atoms with Crippen molar-refractivity contribution < 1.29 is 4.74 Å². The van der Waals surface area contributed by atoms with Crippen LogP contribution in [0.1, 0.15) is 13.3 Å². The van der Waals surface area contributed by atoms with Gasteiger partial charge in [-0.3, -0.25) is 10.4 Å². The summed E-state index contributed by atoms with van der Waals surface area (Å²) >= 11 is 8.33. The Hall–Kier alpha value is -0.570. The molecule has 1 rings (SSSR count). The summed E-state index contributed by atoms with van der Waals surface area (Å²) in [5.41, 5.74) is 3.29. The lowest BCUT2D eigenvalue weighted by molar-refractivity contribution is 0.146. The van der Waals surface area contributed by atoms with Gasteiger partial charge in [0.2, 0.25) is 5.96 Å². The van der Waals surface area contributed by atoms with Crippen LogP contribution in [0.2, 0.25) is 5.02 Å². The van der Waals surface area contributed by atoms with Crippen molar-refractivity contribution in [2.75, 3.05) is 25.1 Å². The van der Waals surface area contributed by atoms with Gasteiger partial charge in [-0.25, -0.2) is 5.84 Å². The van der Waals surface area contributed by atoms with E-state index in [1.54, 1.807) is 0 Å². The Bertz CT molecular complexity index is 428. The molecular weight excluding hydrogens is 379 g/mol. The molecule has 0 aromatic heterocycles. The predicted octanol–water partition coefficient (Wildman–Crippen LogP) is 2.60. The normalized spacial score (nSPS) is 11.5. The van der Waals surface area contributed by atoms with Gasteiger partial charge in [0.25, 0.3) is 0 Å². The van der Waals surface area contributed by atoms with Crippen molar-refractivity contribution in [3.05, 3.63) is 26.8 Å². The fraction of sp³-hybridized carbons (Fsp3) is 0.417. The second kappa shape index (κ2) is 9.35. The van der Waals surface area contributed by atoms with Crippen molar-refractivity contribution in [2.24, 2.45) is 10.8 Å². The zero-order chi connectivity index (χ0) is 14.1. The monoisotopic (exact) mass is 396 g/mol. The lowest BCUT2D eigenvalue weighted by Crippen LogP contribution is -2.36. The molecule has 0 saturated heterocycles. The Morgan fingerprint density at radius 2 is 2.32 bits per heavy atom. The van der Waals surface area contributed by atoms with E-state index in [-0.39, 0.29) is 0 Å². The SMILES string of the molecule is CCOCCCN=C(NN)Nc1ccc(I)cc1Cl. The summed E-state index contributed by atoms with van der Waals surface area (Å²) in [6.07, 6.45) is 0.848.